The summed E-state index contributed by atoms with van der Waals surface area (Å²) < 4.78 is 22.0. The average molecular weight is 795 g/mol. The van der Waals surface area contributed by atoms with Crippen molar-refractivity contribution in [2.45, 2.75) is 38.9 Å². The third-order valence-electron chi connectivity index (χ3n) is 12.3. The molecule has 0 bridgehead atoms. The first-order valence-corrected chi connectivity index (χ1v) is 20.9. The predicted molar refractivity (Wildman–Crippen MR) is 246 cm³/mol. The molecule has 3 heterocycles. The number of benzene rings is 7. The van der Waals surface area contributed by atoms with Gasteiger partial charge < -0.3 is 9.31 Å². The van der Waals surface area contributed by atoms with Crippen LogP contribution in [0.15, 0.2) is 213 Å². The van der Waals surface area contributed by atoms with E-state index in [4.69, 9.17) is 9.31 Å². The first-order chi connectivity index (χ1) is 29.7. The van der Waals surface area contributed by atoms with Crippen LogP contribution >= 0.6 is 0 Å². The van der Waals surface area contributed by atoms with Crippen molar-refractivity contribution < 1.29 is 18.4 Å². The Balaban J connectivity index is 1.02. The highest BCUT2D eigenvalue weighted by Crippen LogP contribution is 2.40. The highest BCUT2D eigenvalue weighted by atomic mass is 16.7. The standard InChI is InChI=1S/C54H47BN4O2/c1-53(2)54(3,4)61-55(60-53)44-36-42(51-21-13-11-19-49(51)40-23-27-47(28-24-40)58-33-31-56(38-58)45-15-7-5-8-16-45)35-43(37-44)52-22-14-12-20-50(52)41-25-29-48(30-26-41)59-34-32-57(39-59)46-17-9-6-10-18-46/h5-39H,1-4H3/q+2. The normalized spacial score (nSPS) is 14.3. The molecule has 1 fully saturated rings. The van der Waals surface area contributed by atoms with Gasteiger partial charge in [-0.3, -0.25) is 0 Å². The molecule has 0 radical (unpaired) electrons. The Labute approximate surface area is 358 Å². The van der Waals surface area contributed by atoms with Crippen molar-refractivity contribution in [2.24, 2.45) is 0 Å². The summed E-state index contributed by atoms with van der Waals surface area (Å²) in [6, 6.07) is 62.5. The van der Waals surface area contributed by atoms with Crippen LogP contribution in [0.1, 0.15) is 27.7 Å². The summed E-state index contributed by atoms with van der Waals surface area (Å²) in [6.07, 6.45) is 12.6. The molecule has 0 unspecified atom stereocenters. The van der Waals surface area contributed by atoms with Crippen molar-refractivity contribution >= 4 is 12.6 Å². The van der Waals surface area contributed by atoms with Crippen molar-refractivity contribution in [3.8, 4) is 67.3 Å². The molecule has 6 nitrogen and oxygen atoms in total. The Morgan fingerprint density at radius 2 is 0.770 bits per heavy atom. The molecule has 61 heavy (non-hydrogen) atoms. The van der Waals surface area contributed by atoms with Gasteiger partial charge in [0.2, 0.25) is 0 Å². The van der Waals surface area contributed by atoms with Crippen LogP contribution in [0.2, 0.25) is 0 Å². The van der Waals surface area contributed by atoms with Gasteiger partial charge in [0.05, 0.1) is 11.2 Å². The maximum Gasteiger partial charge on any atom is 0.494 e. The monoisotopic (exact) mass is 794 g/mol. The Morgan fingerprint density at radius 3 is 1.16 bits per heavy atom. The second-order valence-electron chi connectivity index (χ2n) is 16.7. The van der Waals surface area contributed by atoms with Gasteiger partial charge in [-0.15, -0.1) is 0 Å². The minimum absolute atomic E-state index is 0.479. The lowest BCUT2D eigenvalue weighted by Gasteiger charge is -2.32. The Bertz CT molecular complexity index is 2770. The van der Waals surface area contributed by atoms with Gasteiger partial charge in [0.1, 0.15) is 47.5 Å². The van der Waals surface area contributed by atoms with Gasteiger partial charge >= 0.3 is 7.12 Å². The molecule has 0 amide bonds. The molecule has 0 aliphatic carbocycles. The van der Waals surface area contributed by atoms with Crippen LogP contribution in [0.4, 0.5) is 0 Å². The molecule has 0 saturated carbocycles. The Kier molecular flexibility index (Phi) is 9.71. The summed E-state index contributed by atoms with van der Waals surface area (Å²) in [4.78, 5) is 0. The summed E-state index contributed by atoms with van der Waals surface area (Å²) >= 11 is 0. The van der Waals surface area contributed by atoms with E-state index in [0.29, 0.717) is 0 Å². The molecule has 296 valence electrons. The van der Waals surface area contributed by atoms with Crippen LogP contribution in [0.5, 0.6) is 0 Å². The van der Waals surface area contributed by atoms with Gasteiger partial charge in [0.25, 0.3) is 12.7 Å². The fraction of sp³-hybridized carbons (Fsp3) is 0.111. The topological polar surface area (TPSA) is 36.1 Å². The maximum atomic E-state index is 6.70. The SMILES string of the molecule is CC1(C)OB(c2cc(-c3ccccc3-c3ccc(-n4cc[n+](-c5ccccc5)c4)cc3)cc(-c3ccccc3-c3ccc(-n4cc[n+](-c5ccccc5)c4)cc3)c2)OC1(C)C. The lowest BCUT2D eigenvalue weighted by Crippen LogP contribution is -2.41. The molecule has 7 aromatic carbocycles. The van der Waals surface area contributed by atoms with Crippen LogP contribution in [-0.4, -0.2) is 27.5 Å². The van der Waals surface area contributed by atoms with Crippen LogP contribution in [-0.2, 0) is 9.31 Å². The van der Waals surface area contributed by atoms with Gasteiger partial charge in [-0.2, -0.15) is 0 Å². The number of hydrogen-bond acceptors (Lipinski definition) is 2. The van der Waals surface area contributed by atoms with E-state index in [0.717, 1.165) is 72.7 Å². The zero-order chi connectivity index (χ0) is 41.6. The van der Waals surface area contributed by atoms with E-state index in [2.05, 4.69) is 247 Å². The minimum atomic E-state index is -0.526. The van der Waals surface area contributed by atoms with E-state index in [1.165, 1.54) is 0 Å². The number of hydrogen-bond donors (Lipinski definition) is 0. The number of nitrogens with zero attached hydrogens (tertiary/aromatic N) is 4. The van der Waals surface area contributed by atoms with E-state index >= 15 is 0 Å². The molecule has 0 N–H and O–H groups in total. The lowest BCUT2D eigenvalue weighted by molar-refractivity contribution is -0.595. The summed E-state index contributed by atoms with van der Waals surface area (Å²) in [5.41, 5.74) is 13.5. The molecule has 9 aromatic rings. The predicted octanol–water partition coefficient (Wildman–Crippen LogP) is 10.8. The highest BCUT2D eigenvalue weighted by molar-refractivity contribution is 6.62. The molecule has 10 rings (SSSR count). The smallest absolute Gasteiger partial charge is 0.399 e. The van der Waals surface area contributed by atoms with Crippen LogP contribution < -0.4 is 14.6 Å². The molecule has 1 aliphatic heterocycles. The third kappa shape index (κ3) is 7.44. The second-order valence-corrected chi connectivity index (χ2v) is 16.7. The molecular weight excluding hydrogens is 747 g/mol. The molecule has 1 saturated heterocycles. The third-order valence-corrected chi connectivity index (χ3v) is 12.3. The summed E-state index contributed by atoms with van der Waals surface area (Å²) in [5, 5.41) is 0. The van der Waals surface area contributed by atoms with Gasteiger partial charge in [0, 0.05) is 0 Å². The van der Waals surface area contributed by atoms with Crippen molar-refractivity contribution in [1.82, 2.24) is 9.13 Å². The van der Waals surface area contributed by atoms with Gasteiger partial charge in [-0.05, 0) is 132 Å². The first-order valence-electron chi connectivity index (χ1n) is 20.9. The number of aromatic nitrogens is 4. The first kappa shape index (κ1) is 38.2. The largest absolute Gasteiger partial charge is 0.494 e. The fourth-order valence-electron chi connectivity index (χ4n) is 8.20. The number of imidazole rings is 2. The van der Waals surface area contributed by atoms with E-state index in [9.17, 15) is 0 Å². The van der Waals surface area contributed by atoms with E-state index in [-0.39, 0.29) is 0 Å². The molecule has 2 aromatic heterocycles. The number of rotatable bonds is 9. The Morgan fingerprint density at radius 1 is 0.410 bits per heavy atom. The zero-order valence-electron chi connectivity index (χ0n) is 34.9. The zero-order valence-corrected chi connectivity index (χ0v) is 34.9. The van der Waals surface area contributed by atoms with Crippen LogP contribution in [0, 0.1) is 0 Å². The van der Waals surface area contributed by atoms with Gasteiger partial charge in [-0.1, -0.05) is 121 Å². The van der Waals surface area contributed by atoms with E-state index < -0.39 is 18.3 Å². The Hall–Kier alpha value is -7.06. The summed E-state index contributed by atoms with van der Waals surface area (Å²) in [6.45, 7) is 8.44. The quantitative estimate of drug-likeness (QED) is 0.108. The highest BCUT2D eigenvalue weighted by Gasteiger charge is 2.51. The minimum Gasteiger partial charge on any atom is -0.399 e. The molecule has 0 atom stereocenters. The molecule has 0 spiro atoms. The maximum absolute atomic E-state index is 6.70. The van der Waals surface area contributed by atoms with Gasteiger partial charge in [-0.25, -0.2) is 18.3 Å². The van der Waals surface area contributed by atoms with Crippen LogP contribution in [0.3, 0.4) is 0 Å². The molecule has 7 heteroatoms. The molecule has 1 aliphatic rings. The summed E-state index contributed by atoms with van der Waals surface area (Å²) in [5.74, 6) is 0. The van der Waals surface area contributed by atoms with E-state index in [1.54, 1.807) is 0 Å². The van der Waals surface area contributed by atoms with Crippen LogP contribution in [0.25, 0.3) is 67.3 Å². The van der Waals surface area contributed by atoms with Crippen molar-refractivity contribution in [2.75, 3.05) is 0 Å². The molecular formula is C54H47BN4O2+2. The van der Waals surface area contributed by atoms with Crippen molar-refractivity contribution in [1.29, 1.82) is 0 Å². The lowest BCUT2D eigenvalue weighted by atomic mass is 9.75. The van der Waals surface area contributed by atoms with E-state index in [1.807, 2.05) is 12.1 Å². The summed E-state index contributed by atoms with van der Waals surface area (Å²) in [7, 11) is -0.526. The number of para-hydroxylation sites is 2. The fourth-order valence-corrected chi connectivity index (χ4v) is 8.20. The van der Waals surface area contributed by atoms with Crippen molar-refractivity contribution in [3.63, 3.8) is 0 Å². The van der Waals surface area contributed by atoms with Crippen molar-refractivity contribution in [3.05, 3.63) is 213 Å². The average Bonchev–Trinajstić information content (AvgIpc) is 4.06. The van der Waals surface area contributed by atoms with Gasteiger partial charge in [0.15, 0.2) is 0 Å². The second kappa shape index (κ2) is 15.5.